The van der Waals surface area contributed by atoms with E-state index >= 15 is 0 Å². The number of carboxylic acids is 2. The summed E-state index contributed by atoms with van der Waals surface area (Å²) in [6, 6.07) is -1.44. The fourth-order valence-corrected chi connectivity index (χ4v) is 9.42. The fourth-order valence-electron chi connectivity index (χ4n) is 9.42. The van der Waals surface area contributed by atoms with Crippen LogP contribution in [0.1, 0.15) is 85.0 Å². The molecule has 37 heavy (non-hydrogen) atoms. The number of nitrogens with one attached hydrogen (secondary N) is 1. The topological polar surface area (TPSA) is 164 Å². The summed E-state index contributed by atoms with van der Waals surface area (Å²) >= 11 is 0. The average molecular weight is 524 g/mol. The Kier molecular flexibility index (Phi) is 8.00. The first kappa shape index (κ1) is 28.3. The van der Waals surface area contributed by atoms with Gasteiger partial charge in [0.15, 0.2) is 0 Å². The van der Waals surface area contributed by atoms with Gasteiger partial charge in [-0.15, -0.1) is 0 Å². The molecule has 9 nitrogen and oxygen atoms in total. The molecule has 0 spiro atoms. The zero-order valence-corrected chi connectivity index (χ0v) is 22.3. The van der Waals surface area contributed by atoms with E-state index in [-0.39, 0.29) is 40.9 Å². The van der Waals surface area contributed by atoms with E-state index in [4.69, 9.17) is 5.11 Å². The molecular weight excluding hydrogens is 478 g/mol. The molecule has 0 aromatic rings. The van der Waals surface area contributed by atoms with Gasteiger partial charge in [0.05, 0.1) is 24.7 Å². The number of aliphatic hydroxyl groups excluding tert-OH is 3. The minimum atomic E-state index is -1.44. The first-order valence-corrected chi connectivity index (χ1v) is 14.1. The monoisotopic (exact) mass is 523 g/mol. The van der Waals surface area contributed by atoms with Crippen molar-refractivity contribution in [3.05, 3.63) is 0 Å². The molecule has 0 radical (unpaired) electrons. The standard InChI is InChI=1S/C28H45NO8/c1-14(4-7-21(31)29-20(26(36)37)13-22(32)33)16-5-6-17-23-18(9-11-27(16,17)2)28(3)10-8-15(30)12-19(28)24(34)25(23)35/h14-20,23-25,30,34-35H,4-13H2,1-3H3,(H,29,31)(H,32,33)(H,36,37)/t14-,15-,16-,17+,18+,19+,20+,23+,24-,25-,27-,28-/m1/s1. The van der Waals surface area contributed by atoms with Gasteiger partial charge in [0.1, 0.15) is 6.04 Å². The van der Waals surface area contributed by atoms with Gasteiger partial charge in [0.25, 0.3) is 0 Å². The number of fused-ring (bicyclic) bond motifs is 5. The summed E-state index contributed by atoms with van der Waals surface area (Å²) in [6.07, 6.45) is 4.21. The van der Waals surface area contributed by atoms with Crippen LogP contribution in [-0.4, -0.2) is 67.7 Å². The van der Waals surface area contributed by atoms with E-state index < -0.39 is 48.6 Å². The van der Waals surface area contributed by atoms with Crippen molar-refractivity contribution in [1.29, 1.82) is 0 Å². The molecule has 6 N–H and O–H groups in total. The number of hydrogen-bond acceptors (Lipinski definition) is 6. The van der Waals surface area contributed by atoms with Gasteiger partial charge in [-0.1, -0.05) is 20.8 Å². The molecule has 0 aliphatic heterocycles. The number of aliphatic hydroxyl groups is 3. The maximum Gasteiger partial charge on any atom is 0.326 e. The minimum absolute atomic E-state index is 0.0119. The summed E-state index contributed by atoms with van der Waals surface area (Å²) in [7, 11) is 0. The van der Waals surface area contributed by atoms with Crippen LogP contribution in [0.5, 0.6) is 0 Å². The van der Waals surface area contributed by atoms with Gasteiger partial charge in [0, 0.05) is 6.42 Å². The van der Waals surface area contributed by atoms with Crippen LogP contribution < -0.4 is 5.32 Å². The Morgan fingerprint density at radius 3 is 2.19 bits per heavy atom. The van der Waals surface area contributed by atoms with Crippen LogP contribution in [0.4, 0.5) is 0 Å². The third-order valence-corrected chi connectivity index (χ3v) is 11.3. The van der Waals surface area contributed by atoms with Crippen molar-refractivity contribution < 1.29 is 39.9 Å². The van der Waals surface area contributed by atoms with Crippen molar-refractivity contribution >= 4 is 17.8 Å². The smallest absolute Gasteiger partial charge is 0.326 e. The SMILES string of the molecule is C[C@H](CCC(=O)N[C@@H](CC(=O)O)C(=O)O)[C@H]1CC[C@H]2[C@@H]3[C@@H](O)[C@H](O)[C@@H]4C[C@H](O)CC[C@]4(C)[C@H]3CC[C@]12C. The zero-order chi connectivity index (χ0) is 27.3. The van der Waals surface area contributed by atoms with Crippen LogP contribution >= 0.6 is 0 Å². The number of amides is 1. The highest BCUT2D eigenvalue weighted by molar-refractivity contribution is 5.86. The third kappa shape index (κ3) is 5.03. The van der Waals surface area contributed by atoms with Gasteiger partial charge < -0.3 is 30.8 Å². The number of carbonyl (C=O) groups excluding carboxylic acids is 1. The Morgan fingerprint density at radius 2 is 1.54 bits per heavy atom. The van der Waals surface area contributed by atoms with Crippen molar-refractivity contribution in [2.24, 2.45) is 46.3 Å². The predicted molar refractivity (Wildman–Crippen MR) is 134 cm³/mol. The van der Waals surface area contributed by atoms with E-state index in [0.717, 1.165) is 38.5 Å². The van der Waals surface area contributed by atoms with E-state index in [0.29, 0.717) is 24.7 Å². The van der Waals surface area contributed by atoms with Crippen LogP contribution in [0.2, 0.25) is 0 Å². The van der Waals surface area contributed by atoms with Crippen LogP contribution in [-0.2, 0) is 14.4 Å². The van der Waals surface area contributed by atoms with E-state index in [1.165, 1.54) is 0 Å². The van der Waals surface area contributed by atoms with Gasteiger partial charge >= 0.3 is 11.9 Å². The molecule has 4 saturated carbocycles. The average Bonchev–Trinajstić information content (AvgIpc) is 3.18. The van der Waals surface area contributed by atoms with Crippen LogP contribution in [0, 0.1) is 46.3 Å². The molecular formula is C28H45NO8. The highest BCUT2D eigenvalue weighted by atomic mass is 16.4. The summed E-state index contributed by atoms with van der Waals surface area (Å²) < 4.78 is 0. The first-order chi connectivity index (χ1) is 17.3. The number of rotatable bonds is 8. The fraction of sp³-hybridized carbons (Fsp3) is 0.893. The molecule has 0 heterocycles. The predicted octanol–water partition coefficient (Wildman–Crippen LogP) is 2.41. The summed E-state index contributed by atoms with van der Waals surface area (Å²) in [5.41, 5.74) is -0.0929. The number of hydrogen-bond donors (Lipinski definition) is 6. The Morgan fingerprint density at radius 1 is 0.892 bits per heavy atom. The second-order valence-electron chi connectivity index (χ2n) is 13.1. The molecule has 0 aromatic carbocycles. The maximum absolute atomic E-state index is 12.4. The van der Waals surface area contributed by atoms with E-state index in [1.54, 1.807) is 0 Å². The normalized spacial score (nSPS) is 44.6. The Balaban J connectivity index is 1.43. The van der Waals surface area contributed by atoms with Crippen molar-refractivity contribution in [2.45, 2.75) is 109 Å². The van der Waals surface area contributed by atoms with E-state index in [2.05, 4.69) is 26.1 Å². The Hall–Kier alpha value is -1.71. The quantitative estimate of drug-likeness (QED) is 0.282. The van der Waals surface area contributed by atoms with Crippen LogP contribution in [0.3, 0.4) is 0 Å². The molecule has 9 heteroatoms. The van der Waals surface area contributed by atoms with Crippen LogP contribution in [0.25, 0.3) is 0 Å². The second kappa shape index (κ2) is 10.5. The lowest BCUT2D eigenvalue weighted by molar-refractivity contribution is -0.223. The minimum Gasteiger partial charge on any atom is -0.481 e. The molecule has 0 aromatic heterocycles. The molecule has 210 valence electrons. The van der Waals surface area contributed by atoms with Gasteiger partial charge in [0.2, 0.25) is 5.91 Å². The Labute approximate surface area is 219 Å². The van der Waals surface area contributed by atoms with E-state index in [1.807, 2.05) is 0 Å². The van der Waals surface area contributed by atoms with Gasteiger partial charge in [-0.05, 0) is 97.7 Å². The lowest BCUT2D eigenvalue weighted by Gasteiger charge is -2.63. The second-order valence-corrected chi connectivity index (χ2v) is 13.1. The Bertz CT molecular complexity index is 895. The number of carboxylic acid groups (broad SMARTS) is 2. The number of carbonyl (C=O) groups is 3. The molecule has 4 aliphatic carbocycles. The first-order valence-electron chi connectivity index (χ1n) is 14.1. The number of aliphatic carboxylic acids is 2. The van der Waals surface area contributed by atoms with Gasteiger partial charge in [-0.3, -0.25) is 9.59 Å². The molecule has 0 bridgehead atoms. The summed E-state index contributed by atoms with van der Waals surface area (Å²) in [5.74, 6) is -1.97. The van der Waals surface area contributed by atoms with Gasteiger partial charge in [-0.2, -0.15) is 0 Å². The molecule has 0 unspecified atom stereocenters. The van der Waals surface area contributed by atoms with Gasteiger partial charge in [-0.25, -0.2) is 4.79 Å². The summed E-state index contributed by atoms with van der Waals surface area (Å²) in [6.45, 7) is 6.71. The van der Waals surface area contributed by atoms with Crippen molar-refractivity contribution in [1.82, 2.24) is 5.32 Å². The largest absolute Gasteiger partial charge is 0.481 e. The molecule has 12 atom stereocenters. The van der Waals surface area contributed by atoms with Crippen molar-refractivity contribution in [2.75, 3.05) is 0 Å². The third-order valence-electron chi connectivity index (χ3n) is 11.3. The molecule has 1 amide bonds. The summed E-state index contributed by atoms with van der Waals surface area (Å²) in [4.78, 5) is 34.6. The lowest BCUT2D eigenvalue weighted by atomic mass is 9.43. The maximum atomic E-state index is 12.4. The highest BCUT2D eigenvalue weighted by Gasteiger charge is 2.65. The van der Waals surface area contributed by atoms with E-state index in [9.17, 15) is 34.8 Å². The molecule has 4 fully saturated rings. The van der Waals surface area contributed by atoms with Crippen molar-refractivity contribution in [3.8, 4) is 0 Å². The van der Waals surface area contributed by atoms with Crippen molar-refractivity contribution in [3.63, 3.8) is 0 Å². The highest BCUT2D eigenvalue weighted by Crippen LogP contribution is 2.68. The molecule has 4 rings (SSSR count). The van der Waals surface area contributed by atoms with Crippen LogP contribution in [0.15, 0.2) is 0 Å². The lowest BCUT2D eigenvalue weighted by Crippen LogP contribution is -2.64. The zero-order valence-electron chi connectivity index (χ0n) is 22.3. The molecule has 4 aliphatic rings. The molecule has 0 saturated heterocycles. The summed E-state index contributed by atoms with van der Waals surface area (Å²) in [5, 5.41) is 53.3.